The maximum absolute atomic E-state index is 12.0. The molecule has 1 aliphatic heterocycles. The Morgan fingerprint density at radius 1 is 1.24 bits per heavy atom. The second-order valence-corrected chi connectivity index (χ2v) is 7.38. The van der Waals surface area contributed by atoms with Gasteiger partial charge in [-0.2, -0.15) is 0 Å². The largest absolute Gasteiger partial charge is 0.370 e. The third-order valence-corrected chi connectivity index (χ3v) is 5.51. The highest BCUT2D eigenvalue weighted by molar-refractivity contribution is 7.54. The van der Waals surface area contributed by atoms with Crippen LogP contribution in [0.3, 0.4) is 0 Å². The van der Waals surface area contributed by atoms with Crippen LogP contribution in [0.25, 0.3) is 0 Å². The first kappa shape index (κ1) is 16.4. The normalized spacial score (nSPS) is 22.4. The van der Waals surface area contributed by atoms with E-state index in [0.717, 1.165) is 18.4 Å². The first-order valence-corrected chi connectivity index (χ1v) is 8.72. The van der Waals surface area contributed by atoms with E-state index in [4.69, 9.17) is 13.8 Å². The molecular formula is C15H21O5P. The summed E-state index contributed by atoms with van der Waals surface area (Å²) in [4.78, 5) is 12.0. The lowest BCUT2D eigenvalue weighted by Crippen LogP contribution is -2.16. The average Bonchev–Trinajstić information content (AvgIpc) is 2.96. The number of Topliss-reactive ketones (excluding diaryl/α,β-unsaturated/α-hetero) is 1. The van der Waals surface area contributed by atoms with Gasteiger partial charge in [0, 0.05) is 20.6 Å². The Hall–Kier alpha value is -1.00. The number of ketones is 1. The molecule has 0 saturated carbocycles. The Labute approximate surface area is 125 Å². The number of ether oxygens (including phenoxy) is 1. The Bertz CT molecular complexity index is 508. The molecule has 0 N–H and O–H groups in total. The highest BCUT2D eigenvalue weighted by atomic mass is 31.2. The molecule has 5 nitrogen and oxygen atoms in total. The van der Waals surface area contributed by atoms with Gasteiger partial charge in [-0.15, -0.1) is 0 Å². The summed E-state index contributed by atoms with van der Waals surface area (Å²) in [6, 6.07) is 9.97. The van der Waals surface area contributed by atoms with Crippen molar-refractivity contribution in [3.8, 4) is 0 Å². The van der Waals surface area contributed by atoms with Crippen molar-refractivity contribution < 1.29 is 23.1 Å². The fourth-order valence-electron chi connectivity index (χ4n) is 2.51. The average molecular weight is 312 g/mol. The van der Waals surface area contributed by atoms with Gasteiger partial charge in [0.25, 0.3) is 0 Å². The molecule has 0 bridgehead atoms. The molecule has 1 unspecified atom stereocenters. The maximum Gasteiger partial charge on any atom is 0.337 e. The first-order valence-electron chi connectivity index (χ1n) is 6.99. The molecule has 0 aromatic heterocycles. The maximum atomic E-state index is 12.0. The van der Waals surface area contributed by atoms with Gasteiger partial charge in [-0.25, -0.2) is 0 Å². The molecule has 116 valence electrons. The summed E-state index contributed by atoms with van der Waals surface area (Å²) in [6.07, 6.45) is 1.70. The molecule has 2 rings (SSSR count). The van der Waals surface area contributed by atoms with Crippen molar-refractivity contribution in [1.29, 1.82) is 0 Å². The quantitative estimate of drug-likeness (QED) is 0.723. The van der Waals surface area contributed by atoms with E-state index >= 15 is 0 Å². The number of hydrogen-bond donors (Lipinski definition) is 0. The van der Waals surface area contributed by atoms with E-state index in [1.165, 1.54) is 14.2 Å². The van der Waals surface area contributed by atoms with Gasteiger partial charge in [0.15, 0.2) is 0 Å². The molecule has 1 fully saturated rings. The van der Waals surface area contributed by atoms with Crippen molar-refractivity contribution in [1.82, 2.24) is 0 Å². The molecule has 1 heterocycles. The van der Waals surface area contributed by atoms with Crippen LogP contribution in [-0.2, 0) is 23.1 Å². The number of hydrogen-bond acceptors (Lipinski definition) is 5. The summed E-state index contributed by atoms with van der Waals surface area (Å²) >= 11 is 0. The summed E-state index contributed by atoms with van der Waals surface area (Å²) in [7, 11) is -0.699. The zero-order valence-corrected chi connectivity index (χ0v) is 13.3. The monoisotopic (exact) mass is 312 g/mol. The van der Waals surface area contributed by atoms with Gasteiger partial charge in [-0.05, 0) is 18.4 Å². The van der Waals surface area contributed by atoms with Crippen molar-refractivity contribution in [3.63, 3.8) is 0 Å². The molecule has 1 aromatic carbocycles. The van der Waals surface area contributed by atoms with Crippen molar-refractivity contribution in [2.75, 3.05) is 20.4 Å². The molecule has 1 aromatic rings. The SMILES string of the molecule is COP(=O)(CC(=O)CC1CC[C@H](c2ccccc2)O1)OC. The lowest BCUT2D eigenvalue weighted by atomic mass is 10.1. The summed E-state index contributed by atoms with van der Waals surface area (Å²) in [6.45, 7) is 0. The Morgan fingerprint density at radius 2 is 1.90 bits per heavy atom. The predicted molar refractivity (Wildman–Crippen MR) is 79.4 cm³/mol. The van der Waals surface area contributed by atoms with E-state index in [1.54, 1.807) is 0 Å². The standard InChI is InChI=1S/C15H21O5P/c1-18-21(17,19-2)11-13(16)10-14-8-9-15(20-14)12-6-4-3-5-7-12/h3-7,14-15H,8-11H2,1-2H3/t14?,15-/m1/s1. The van der Waals surface area contributed by atoms with E-state index < -0.39 is 7.60 Å². The van der Waals surface area contributed by atoms with Crippen LogP contribution in [0, 0.1) is 0 Å². The van der Waals surface area contributed by atoms with Gasteiger partial charge in [-0.3, -0.25) is 9.36 Å². The van der Waals surface area contributed by atoms with Gasteiger partial charge >= 0.3 is 7.60 Å². The van der Waals surface area contributed by atoms with Crippen LogP contribution >= 0.6 is 7.60 Å². The highest BCUT2D eigenvalue weighted by Crippen LogP contribution is 2.46. The molecule has 1 aliphatic rings. The number of carbonyl (C=O) groups excluding carboxylic acids is 1. The Morgan fingerprint density at radius 3 is 2.52 bits per heavy atom. The third kappa shape index (κ3) is 4.48. The summed E-state index contributed by atoms with van der Waals surface area (Å²) < 4.78 is 27.4. The lowest BCUT2D eigenvalue weighted by Gasteiger charge is -2.15. The summed E-state index contributed by atoms with van der Waals surface area (Å²) in [5.74, 6) is -0.152. The van der Waals surface area contributed by atoms with Crippen LogP contribution in [0.1, 0.15) is 30.9 Å². The van der Waals surface area contributed by atoms with Crippen LogP contribution in [0.15, 0.2) is 30.3 Å². The highest BCUT2D eigenvalue weighted by Gasteiger charge is 2.31. The minimum absolute atomic E-state index is 0.0423. The lowest BCUT2D eigenvalue weighted by molar-refractivity contribution is -0.119. The third-order valence-electron chi connectivity index (χ3n) is 3.66. The molecule has 21 heavy (non-hydrogen) atoms. The van der Waals surface area contributed by atoms with Crippen molar-refractivity contribution in [2.45, 2.75) is 31.5 Å². The second kappa shape index (κ2) is 7.32. The zero-order chi connectivity index (χ0) is 15.3. The predicted octanol–water partition coefficient (Wildman–Crippen LogP) is 3.35. The summed E-state index contributed by atoms with van der Waals surface area (Å²) in [5.41, 5.74) is 1.13. The van der Waals surface area contributed by atoms with Crippen molar-refractivity contribution in [3.05, 3.63) is 35.9 Å². The molecule has 0 amide bonds. The molecule has 6 heteroatoms. The van der Waals surface area contributed by atoms with Gasteiger partial charge in [-0.1, -0.05) is 30.3 Å². The van der Waals surface area contributed by atoms with Gasteiger partial charge in [0.05, 0.1) is 12.2 Å². The van der Waals surface area contributed by atoms with Gasteiger partial charge in [0.1, 0.15) is 11.9 Å². The topological polar surface area (TPSA) is 61.8 Å². The van der Waals surface area contributed by atoms with Crippen LogP contribution in [0.5, 0.6) is 0 Å². The molecule has 0 radical (unpaired) electrons. The summed E-state index contributed by atoms with van der Waals surface area (Å²) in [5, 5.41) is 0. The minimum atomic E-state index is -3.27. The zero-order valence-electron chi connectivity index (χ0n) is 12.4. The van der Waals surface area contributed by atoms with E-state index in [9.17, 15) is 9.36 Å². The van der Waals surface area contributed by atoms with E-state index in [-0.39, 0.29) is 30.6 Å². The fraction of sp³-hybridized carbons (Fsp3) is 0.533. The van der Waals surface area contributed by atoms with Crippen molar-refractivity contribution in [2.24, 2.45) is 0 Å². The van der Waals surface area contributed by atoms with E-state index in [0.29, 0.717) is 0 Å². The first-order chi connectivity index (χ1) is 10.1. The van der Waals surface area contributed by atoms with Gasteiger partial charge in [0.2, 0.25) is 0 Å². The van der Waals surface area contributed by atoms with E-state index in [2.05, 4.69) is 0 Å². The van der Waals surface area contributed by atoms with E-state index in [1.807, 2.05) is 30.3 Å². The number of benzene rings is 1. The fourth-order valence-corrected chi connectivity index (χ4v) is 3.48. The Kier molecular flexibility index (Phi) is 5.71. The van der Waals surface area contributed by atoms with Crippen LogP contribution in [0.4, 0.5) is 0 Å². The molecule has 0 aliphatic carbocycles. The minimum Gasteiger partial charge on any atom is -0.370 e. The molecule has 2 atom stereocenters. The van der Waals surface area contributed by atoms with Crippen LogP contribution < -0.4 is 0 Å². The van der Waals surface area contributed by atoms with Crippen LogP contribution in [0.2, 0.25) is 0 Å². The number of rotatable bonds is 7. The van der Waals surface area contributed by atoms with Crippen molar-refractivity contribution >= 4 is 13.4 Å². The Balaban J connectivity index is 1.85. The molecule has 0 spiro atoms. The second-order valence-electron chi connectivity index (χ2n) is 5.11. The van der Waals surface area contributed by atoms with Gasteiger partial charge < -0.3 is 13.8 Å². The number of carbonyl (C=O) groups is 1. The molecule has 1 saturated heterocycles. The van der Waals surface area contributed by atoms with Crippen LogP contribution in [-0.4, -0.2) is 32.3 Å². The smallest absolute Gasteiger partial charge is 0.337 e. The molecular weight excluding hydrogens is 291 g/mol.